The summed E-state index contributed by atoms with van der Waals surface area (Å²) in [6.07, 6.45) is 7.31. The van der Waals surface area contributed by atoms with Crippen molar-refractivity contribution in [3.63, 3.8) is 0 Å². The second kappa shape index (κ2) is 7.47. The zero-order chi connectivity index (χ0) is 16.8. The molecule has 0 radical (unpaired) electrons. The molecule has 0 aliphatic carbocycles. The van der Waals surface area contributed by atoms with E-state index in [0.29, 0.717) is 5.56 Å². The van der Waals surface area contributed by atoms with Gasteiger partial charge in [-0.05, 0) is 24.0 Å². The molecule has 0 fully saturated rings. The molecule has 24 heavy (non-hydrogen) atoms. The molecule has 3 nitrogen and oxygen atoms in total. The number of rotatable bonds is 6. The Labute approximate surface area is 140 Å². The van der Waals surface area contributed by atoms with E-state index in [-0.39, 0.29) is 5.76 Å². The lowest BCUT2D eigenvalue weighted by molar-refractivity contribution is 0.0663. The fraction of sp³-hybridized carbons (Fsp3) is 0.0952. The van der Waals surface area contributed by atoms with Crippen molar-refractivity contribution >= 4 is 12.0 Å². The van der Waals surface area contributed by atoms with Crippen molar-refractivity contribution in [1.29, 1.82) is 0 Å². The minimum atomic E-state index is -1.06. The Morgan fingerprint density at radius 2 is 1.67 bits per heavy atom. The van der Waals surface area contributed by atoms with Gasteiger partial charge in [-0.25, -0.2) is 4.79 Å². The van der Waals surface area contributed by atoms with E-state index >= 15 is 0 Å². The van der Waals surface area contributed by atoms with Gasteiger partial charge < -0.3 is 9.52 Å². The van der Waals surface area contributed by atoms with Gasteiger partial charge in [-0.1, -0.05) is 72.8 Å². The quantitative estimate of drug-likeness (QED) is 0.671. The highest BCUT2D eigenvalue weighted by molar-refractivity contribution is 5.96. The fourth-order valence-electron chi connectivity index (χ4n) is 2.66. The van der Waals surface area contributed by atoms with Crippen LogP contribution in [0.5, 0.6) is 0 Å². The Kier molecular flexibility index (Phi) is 4.92. The van der Waals surface area contributed by atoms with Gasteiger partial charge in [0.2, 0.25) is 5.76 Å². The molecular weight excluding hydrogens is 300 g/mol. The molecule has 1 aromatic heterocycles. The Morgan fingerprint density at radius 3 is 2.33 bits per heavy atom. The lowest BCUT2D eigenvalue weighted by atomic mass is 10.0. The van der Waals surface area contributed by atoms with Gasteiger partial charge >= 0.3 is 5.97 Å². The van der Waals surface area contributed by atoms with Gasteiger partial charge in [0, 0.05) is 11.1 Å². The second-order valence-corrected chi connectivity index (χ2v) is 5.49. The van der Waals surface area contributed by atoms with Crippen LogP contribution < -0.4 is 0 Å². The van der Waals surface area contributed by atoms with E-state index in [4.69, 9.17) is 4.42 Å². The van der Waals surface area contributed by atoms with Crippen LogP contribution in [-0.2, 0) is 6.42 Å². The van der Waals surface area contributed by atoms with Crippen LogP contribution in [0.25, 0.3) is 17.2 Å². The normalized spacial score (nSPS) is 11.0. The summed E-state index contributed by atoms with van der Waals surface area (Å²) in [7, 11) is 0. The molecule has 0 saturated heterocycles. The molecule has 0 aliphatic heterocycles. The van der Waals surface area contributed by atoms with Crippen LogP contribution in [0.4, 0.5) is 0 Å². The molecule has 0 atom stereocenters. The Bertz CT molecular complexity index is 830. The lowest BCUT2D eigenvalue weighted by Crippen LogP contribution is -1.96. The molecule has 3 aromatic rings. The van der Waals surface area contributed by atoms with Crippen molar-refractivity contribution in [3.8, 4) is 11.1 Å². The summed E-state index contributed by atoms with van der Waals surface area (Å²) in [4.78, 5) is 11.4. The number of carboxylic acid groups (broad SMARTS) is 1. The van der Waals surface area contributed by atoms with E-state index in [2.05, 4.69) is 18.2 Å². The van der Waals surface area contributed by atoms with Gasteiger partial charge in [-0.3, -0.25) is 0 Å². The SMILES string of the molecule is O=C(O)c1occ(C=CCCc2ccccc2)c1-c1ccccc1. The van der Waals surface area contributed by atoms with Crippen molar-refractivity contribution in [2.45, 2.75) is 12.8 Å². The molecule has 3 heteroatoms. The first-order valence-electron chi connectivity index (χ1n) is 7.86. The zero-order valence-electron chi connectivity index (χ0n) is 13.2. The molecule has 0 saturated carbocycles. The number of furan rings is 1. The van der Waals surface area contributed by atoms with Gasteiger partial charge in [0.1, 0.15) is 0 Å². The van der Waals surface area contributed by atoms with E-state index in [1.165, 1.54) is 11.8 Å². The summed E-state index contributed by atoms with van der Waals surface area (Å²) in [5.41, 5.74) is 3.53. The Hall–Kier alpha value is -3.07. The summed E-state index contributed by atoms with van der Waals surface area (Å²) < 4.78 is 5.28. The number of carboxylic acids is 1. The number of benzene rings is 2. The number of allylic oxidation sites excluding steroid dienone is 1. The van der Waals surface area contributed by atoms with E-state index in [1.807, 2.05) is 54.6 Å². The number of aromatic carboxylic acids is 1. The maximum atomic E-state index is 11.4. The largest absolute Gasteiger partial charge is 0.475 e. The zero-order valence-corrected chi connectivity index (χ0v) is 13.2. The van der Waals surface area contributed by atoms with E-state index in [1.54, 1.807) is 0 Å². The lowest BCUT2D eigenvalue weighted by Gasteiger charge is -2.01. The highest BCUT2D eigenvalue weighted by Gasteiger charge is 2.19. The highest BCUT2D eigenvalue weighted by Crippen LogP contribution is 2.30. The number of carbonyl (C=O) groups is 1. The molecule has 0 aliphatic rings. The van der Waals surface area contributed by atoms with Gasteiger partial charge in [0.05, 0.1) is 6.26 Å². The van der Waals surface area contributed by atoms with E-state index in [9.17, 15) is 9.90 Å². The molecule has 0 unspecified atom stereocenters. The molecule has 0 amide bonds. The third-order valence-electron chi connectivity index (χ3n) is 3.82. The average Bonchev–Trinajstić information content (AvgIpc) is 3.04. The summed E-state index contributed by atoms with van der Waals surface area (Å²) in [5, 5.41) is 9.34. The molecule has 1 heterocycles. The van der Waals surface area contributed by atoms with Crippen LogP contribution >= 0.6 is 0 Å². The average molecular weight is 318 g/mol. The number of hydrogen-bond acceptors (Lipinski definition) is 2. The summed E-state index contributed by atoms with van der Waals surface area (Å²) in [5.74, 6) is -1.08. The Morgan fingerprint density at radius 1 is 1.00 bits per heavy atom. The second-order valence-electron chi connectivity index (χ2n) is 5.49. The molecule has 120 valence electrons. The third kappa shape index (κ3) is 3.63. The minimum absolute atomic E-state index is 0.0242. The number of aryl methyl sites for hydroxylation is 1. The molecule has 0 spiro atoms. The summed E-state index contributed by atoms with van der Waals surface area (Å²) >= 11 is 0. The minimum Gasteiger partial charge on any atom is -0.475 e. The fourth-order valence-corrected chi connectivity index (χ4v) is 2.66. The third-order valence-corrected chi connectivity index (χ3v) is 3.82. The molecule has 2 aromatic carbocycles. The molecule has 1 N–H and O–H groups in total. The van der Waals surface area contributed by atoms with Crippen molar-refractivity contribution in [3.05, 3.63) is 89.9 Å². The number of hydrogen-bond donors (Lipinski definition) is 1. The standard InChI is InChI=1S/C21H18O3/c22-21(23)20-19(17-12-5-2-6-13-17)18(15-24-20)14-8-7-11-16-9-3-1-4-10-16/h1-6,8-10,12-15H,7,11H2,(H,22,23). The highest BCUT2D eigenvalue weighted by atomic mass is 16.4. The summed E-state index contributed by atoms with van der Waals surface area (Å²) in [6.45, 7) is 0. The first-order valence-corrected chi connectivity index (χ1v) is 7.86. The van der Waals surface area contributed by atoms with Crippen LogP contribution in [-0.4, -0.2) is 11.1 Å². The summed E-state index contributed by atoms with van der Waals surface area (Å²) in [6, 6.07) is 19.7. The smallest absolute Gasteiger partial charge is 0.372 e. The van der Waals surface area contributed by atoms with Crippen molar-refractivity contribution in [2.24, 2.45) is 0 Å². The molecule has 3 rings (SSSR count). The predicted octanol–water partition coefficient (Wildman–Crippen LogP) is 5.29. The predicted molar refractivity (Wildman–Crippen MR) is 94.9 cm³/mol. The maximum Gasteiger partial charge on any atom is 0.372 e. The van der Waals surface area contributed by atoms with Crippen molar-refractivity contribution < 1.29 is 14.3 Å². The van der Waals surface area contributed by atoms with Gasteiger partial charge in [-0.15, -0.1) is 0 Å². The first-order chi connectivity index (χ1) is 11.8. The van der Waals surface area contributed by atoms with Gasteiger partial charge in [0.15, 0.2) is 0 Å². The topological polar surface area (TPSA) is 50.4 Å². The van der Waals surface area contributed by atoms with Crippen molar-refractivity contribution in [2.75, 3.05) is 0 Å². The maximum absolute atomic E-state index is 11.4. The van der Waals surface area contributed by atoms with Crippen LogP contribution in [0, 0.1) is 0 Å². The van der Waals surface area contributed by atoms with Crippen LogP contribution in [0.3, 0.4) is 0 Å². The van der Waals surface area contributed by atoms with E-state index < -0.39 is 5.97 Å². The van der Waals surface area contributed by atoms with Crippen molar-refractivity contribution in [1.82, 2.24) is 0 Å². The van der Waals surface area contributed by atoms with Crippen LogP contribution in [0.1, 0.15) is 28.1 Å². The monoisotopic (exact) mass is 318 g/mol. The van der Waals surface area contributed by atoms with Crippen LogP contribution in [0.15, 0.2) is 77.4 Å². The van der Waals surface area contributed by atoms with Gasteiger partial charge in [-0.2, -0.15) is 0 Å². The van der Waals surface area contributed by atoms with E-state index in [0.717, 1.165) is 24.0 Å². The molecular formula is C21H18O3. The molecule has 0 bridgehead atoms. The van der Waals surface area contributed by atoms with Gasteiger partial charge in [0.25, 0.3) is 0 Å². The Balaban J connectivity index is 1.81. The first kappa shape index (κ1) is 15.8. The van der Waals surface area contributed by atoms with Crippen LogP contribution in [0.2, 0.25) is 0 Å².